The molecule has 0 radical (unpaired) electrons. The fourth-order valence-corrected chi connectivity index (χ4v) is 4.13. The molecule has 0 spiro atoms. The first-order chi connectivity index (χ1) is 13.2. The van der Waals surface area contributed by atoms with Crippen molar-refractivity contribution < 1.29 is 23.1 Å². The predicted octanol–water partition coefficient (Wildman–Crippen LogP) is 6.04. The third-order valence-corrected chi connectivity index (χ3v) is 5.50. The smallest absolute Gasteiger partial charge is 0.417 e. The van der Waals surface area contributed by atoms with Crippen molar-refractivity contribution in [2.75, 3.05) is 6.54 Å². The Kier molecular flexibility index (Phi) is 6.22. The van der Waals surface area contributed by atoms with Crippen molar-refractivity contribution in [1.82, 2.24) is 4.90 Å². The van der Waals surface area contributed by atoms with Crippen LogP contribution in [0.2, 0.25) is 10.0 Å². The molecule has 2 aromatic carbocycles. The lowest BCUT2D eigenvalue weighted by atomic mass is 9.91. The van der Waals surface area contributed by atoms with E-state index in [2.05, 4.69) is 0 Å². The first-order valence-corrected chi connectivity index (χ1v) is 9.54. The second-order valence-corrected chi connectivity index (χ2v) is 7.63. The molecule has 1 fully saturated rings. The number of carbonyl (C=O) groups is 1. The summed E-state index contributed by atoms with van der Waals surface area (Å²) < 4.78 is 40.2. The van der Waals surface area contributed by atoms with Crippen molar-refractivity contribution in [3.05, 3.63) is 69.2 Å². The molecule has 1 heterocycles. The van der Waals surface area contributed by atoms with Crippen LogP contribution in [0.1, 0.15) is 42.0 Å². The molecule has 28 heavy (non-hydrogen) atoms. The van der Waals surface area contributed by atoms with Crippen LogP contribution >= 0.6 is 23.2 Å². The van der Waals surface area contributed by atoms with Gasteiger partial charge in [0.1, 0.15) is 6.04 Å². The molecule has 150 valence electrons. The Morgan fingerprint density at radius 1 is 1.11 bits per heavy atom. The summed E-state index contributed by atoms with van der Waals surface area (Å²) >= 11 is 11.9. The summed E-state index contributed by atoms with van der Waals surface area (Å²) in [6.07, 6.45) is -2.66. The third kappa shape index (κ3) is 4.45. The lowest BCUT2D eigenvalue weighted by molar-refractivity contribution is -0.145. The first kappa shape index (κ1) is 21.0. The molecule has 8 heteroatoms. The number of nitrogens with zero attached hydrogens (tertiary/aromatic N) is 1. The monoisotopic (exact) mass is 431 g/mol. The van der Waals surface area contributed by atoms with Gasteiger partial charge in [0.05, 0.1) is 16.6 Å². The molecule has 3 nitrogen and oxygen atoms in total. The highest BCUT2D eigenvalue weighted by atomic mass is 35.5. The number of rotatable bonds is 4. The molecule has 2 unspecified atom stereocenters. The Morgan fingerprint density at radius 2 is 1.82 bits per heavy atom. The number of benzene rings is 2. The standard InChI is InChI=1S/C20H18Cl2F3NO2/c21-14-5-3-4-12(10-14)18(26-9-2-1-6-17(26)19(27)28)13-7-8-16(22)15(11-13)20(23,24)25/h3-5,7-8,10-11,17-18H,1-2,6,9H2,(H,27,28). The van der Waals surface area contributed by atoms with Gasteiger partial charge in [-0.1, -0.05) is 47.8 Å². The molecule has 1 saturated heterocycles. The molecule has 2 aromatic rings. The third-order valence-electron chi connectivity index (χ3n) is 4.94. The summed E-state index contributed by atoms with van der Waals surface area (Å²) in [7, 11) is 0. The molecular formula is C20H18Cl2F3NO2. The maximum absolute atomic E-state index is 13.4. The number of aliphatic carboxylic acids is 1. The highest BCUT2D eigenvalue weighted by molar-refractivity contribution is 6.31. The zero-order chi connectivity index (χ0) is 20.5. The Bertz CT molecular complexity index is 873. The van der Waals surface area contributed by atoms with Crippen molar-refractivity contribution in [3.8, 4) is 0 Å². The summed E-state index contributed by atoms with van der Waals surface area (Å²) in [5, 5.41) is 9.70. The number of piperidine rings is 1. The van der Waals surface area contributed by atoms with E-state index < -0.39 is 34.8 Å². The van der Waals surface area contributed by atoms with Gasteiger partial charge in [0.25, 0.3) is 0 Å². The van der Waals surface area contributed by atoms with E-state index in [-0.39, 0.29) is 0 Å². The van der Waals surface area contributed by atoms with Gasteiger partial charge >= 0.3 is 12.1 Å². The lowest BCUT2D eigenvalue weighted by Crippen LogP contribution is -2.46. The lowest BCUT2D eigenvalue weighted by Gasteiger charge is -2.40. The molecule has 0 amide bonds. The summed E-state index contributed by atoms with van der Waals surface area (Å²) in [4.78, 5) is 13.5. The molecular weight excluding hydrogens is 414 g/mol. The van der Waals surface area contributed by atoms with Gasteiger partial charge in [-0.05, 0) is 54.8 Å². The molecule has 0 saturated carbocycles. The summed E-state index contributed by atoms with van der Waals surface area (Å²) in [5.41, 5.74) is 0.0193. The molecule has 1 N–H and O–H groups in total. The Balaban J connectivity index is 2.16. The Hall–Kier alpha value is -1.76. The predicted molar refractivity (Wildman–Crippen MR) is 102 cm³/mol. The van der Waals surface area contributed by atoms with Gasteiger partial charge in [0.2, 0.25) is 0 Å². The fraction of sp³-hybridized carbons (Fsp3) is 0.350. The van der Waals surface area contributed by atoms with Crippen LogP contribution in [0.25, 0.3) is 0 Å². The van der Waals surface area contributed by atoms with Crippen molar-refractivity contribution in [1.29, 1.82) is 0 Å². The highest BCUT2D eigenvalue weighted by Gasteiger charge is 2.38. The van der Waals surface area contributed by atoms with Gasteiger partial charge in [-0.3, -0.25) is 9.69 Å². The quantitative estimate of drug-likeness (QED) is 0.641. The Morgan fingerprint density at radius 3 is 2.46 bits per heavy atom. The number of hydrogen-bond acceptors (Lipinski definition) is 2. The zero-order valence-electron chi connectivity index (χ0n) is 14.7. The average molecular weight is 432 g/mol. The molecule has 1 aliphatic rings. The fourth-order valence-electron chi connectivity index (χ4n) is 3.71. The van der Waals surface area contributed by atoms with Crippen molar-refractivity contribution >= 4 is 29.2 Å². The van der Waals surface area contributed by atoms with E-state index in [9.17, 15) is 23.1 Å². The van der Waals surface area contributed by atoms with E-state index in [1.54, 1.807) is 29.2 Å². The first-order valence-electron chi connectivity index (χ1n) is 8.79. The van der Waals surface area contributed by atoms with Crippen LogP contribution in [0.15, 0.2) is 42.5 Å². The van der Waals surface area contributed by atoms with Crippen molar-refractivity contribution in [2.24, 2.45) is 0 Å². The zero-order valence-corrected chi connectivity index (χ0v) is 16.2. The van der Waals surface area contributed by atoms with Crippen LogP contribution in [0.4, 0.5) is 13.2 Å². The van der Waals surface area contributed by atoms with E-state index in [0.29, 0.717) is 29.1 Å². The summed E-state index contributed by atoms with van der Waals surface area (Å²) in [6.45, 7) is 0.456. The van der Waals surface area contributed by atoms with Gasteiger partial charge < -0.3 is 5.11 Å². The van der Waals surface area contributed by atoms with Crippen molar-refractivity contribution in [2.45, 2.75) is 37.5 Å². The normalized spacial score (nSPS) is 19.4. The van der Waals surface area contributed by atoms with E-state index in [4.69, 9.17) is 23.2 Å². The molecule has 0 bridgehead atoms. The number of hydrogen-bond donors (Lipinski definition) is 1. The maximum atomic E-state index is 13.4. The van der Waals surface area contributed by atoms with E-state index >= 15 is 0 Å². The SMILES string of the molecule is O=C(O)C1CCCCN1C(c1cccc(Cl)c1)c1ccc(Cl)c(C(F)(F)F)c1. The van der Waals surface area contributed by atoms with Gasteiger partial charge in [0.15, 0.2) is 0 Å². The van der Waals surface area contributed by atoms with E-state index in [0.717, 1.165) is 18.9 Å². The Labute approximate surface area is 170 Å². The average Bonchev–Trinajstić information content (AvgIpc) is 2.63. The van der Waals surface area contributed by atoms with Gasteiger partial charge in [-0.15, -0.1) is 0 Å². The number of likely N-dealkylation sites (tertiary alicyclic amines) is 1. The second kappa shape index (κ2) is 8.31. The molecule has 1 aliphatic heterocycles. The highest BCUT2D eigenvalue weighted by Crippen LogP contribution is 2.40. The number of alkyl halides is 3. The topological polar surface area (TPSA) is 40.5 Å². The van der Waals surface area contributed by atoms with E-state index in [1.807, 2.05) is 0 Å². The minimum Gasteiger partial charge on any atom is -0.480 e. The van der Waals surface area contributed by atoms with Crippen LogP contribution < -0.4 is 0 Å². The van der Waals surface area contributed by atoms with Crippen LogP contribution in [0.3, 0.4) is 0 Å². The number of carboxylic acid groups (broad SMARTS) is 1. The molecule has 2 atom stereocenters. The van der Waals surface area contributed by atoms with Gasteiger partial charge in [-0.2, -0.15) is 13.2 Å². The number of halogens is 5. The maximum Gasteiger partial charge on any atom is 0.417 e. The van der Waals surface area contributed by atoms with Crippen LogP contribution in [0, 0.1) is 0 Å². The number of carboxylic acids is 1. The van der Waals surface area contributed by atoms with Crippen LogP contribution in [0.5, 0.6) is 0 Å². The molecule has 3 rings (SSSR count). The minimum atomic E-state index is -4.61. The van der Waals surface area contributed by atoms with Gasteiger partial charge in [0, 0.05) is 5.02 Å². The van der Waals surface area contributed by atoms with E-state index in [1.165, 1.54) is 12.1 Å². The molecule has 0 aromatic heterocycles. The van der Waals surface area contributed by atoms with Crippen LogP contribution in [-0.2, 0) is 11.0 Å². The largest absolute Gasteiger partial charge is 0.480 e. The molecule has 0 aliphatic carbocycles. The summed E-state index contributed by atoms with van der Waals surface area (Å²) in [5.74, 6) is -0.989. The summed E-state index contributed by atoms with van der Waals surface area (Å²) in [6, 6.07) is 9.00. The minimum absolute atomic E-state index is 0.326. The van der Waals surface area contributed by atoms with Crippen molar-refractivity contribution in [3.63, 3.8) is 0 Å². The van der Waals surface area contributed by atoms with Gasteiger partial charge in [-0.25, -0.2) is 0 Å². The second-order valence-electron chi connectivity index (χ2n) is 6.78. The van der Waals surface area contributed by atoms with Crippen LogP contribution in [-0.4, -0.2) is 28.6 Å².